The molecule has 0 bridgehead atoms. The van der Waals surface area contributed by atoms with Crippen molar-refractivity contribution < 1.29 is 4.74 Å². The lowest BCUT2D eigenvalue weighted by Crippen LogP contribution is -2.41. The molecule has 0 amide bonds. The molecule has 4 heteroatoms. The highest BCUT2D eigenvalue weighted by Gasteiger charge is 2.36. The Morgan fingerprint density at radius 2 is 2.26 bits per heavy atom. The Morgan fingerprint density at radius 1 is 1.42 bits per heavy atom. The number of ether oxygens (including phenoxy) is 1. The zero-order valence-electron chi connectivity index (χ0n) is 11.2. The van der Waals surface area contributed by atoms with E-state index in [1.54, 1.807) is 0 Å². The van der Waals surface area contributed by atoms with Crippen LogP contribution >= 0.6 is 0 Å². The van der Waals surface area contributed by atoms with E-state index < -0.39 is 0 Å². The number of hydrogen-bond donors (Lipinski definition) is 1. The van der Waals surface area contributed by atoms with Gasteiger partial charge in [-0.25, -0.2) is 0 Å². The second-order valence-electron chi connectivity index (χ2n) is 5.28. The van der Waals surface area contributed by atoms with E-state index in [0.29, 0.717) is 6.54 Å². The second-order valence-corrected chi connectivity index (χ2v) is 5.28. The maximum atomic E-state index is 6.12. The molecule has 1 atom stereocenters. The third kappa shape index (κ3) is 2.12. The maximum absolute atomic E-state index is 6.12. The molecule has 0 radical (unpaired) electrons. The Balaban J connectivity index is 2.00. The molecule has 1 aliphatic heterocycles. The van der Waals surface area contributed by atoms with Crippen LogP contribution in [0.1, 0.15) is 17.5 Å². The van der Waals surface area contributed by atoms with Crippen LogP contribution < -0.4 is 10.5 Å². The van der Waals surface area contributed by atoms with Crippen molar-refractivity contribution >= 4 is 0 Å². The predicted octanol–water partition coefficient (Wildman–Crippen LogP) is 1.64. The first-order valence-corrected chi connectivity index (χ1v) is 6.63. The number of nitrogens with two attached hydrogens (primary N) is 1. The summed E-state index contributed by atoms with van der Waals surface area (Å²) in [4.78, 5) is 0. The molecule has 19 heavy (non-hydrogen) atoms. The minimum atomic E-state index is -0.0299. The third-order valence-corrected chi connectivity index (χ3v) is 3.99. The molecule has 1 aromatic carbocycles. The normalized spacial score (nSPS) is 21.8. The van der Waals surface area contributed by atoms with Crippen LogP contribution in [0.4, 0.5) is 0 Å². The van der Waals surface area contributed by atoms with E-state index in [0.717, 1.165) is 25.2 Å². The molecule has 1 aromatic heterocycles. The van der Waals surface area contributed by atoms with E-state index in [-0.39, 0.29) is 5.41 Å². The second kappa shape index (κ2) is 4.70. The third-order valence-electron chi connectivity index (χ3n) is 3.99. The summed E-state index contributed by atoms with van der Waals surface area (Å²) in [5.41, 5.74) is 8.55. The highest BCUT2D eigenvalue weighted by molar-refractivity contribution is 5.43. The standard InChI is InChI=1S/C15H19N3O/c1-18-10-12(9-17-18)8-15(11-16)6-7-19-14-5-3-2-4-13(14)15/h2-5,9-10H,6-8,11,16H2,1H3. The van der Waals surface area contributed by atoms with Gasteiger partial charge in [0.25, 0.3) is 0 Å². The monoisotopic (exact) mass is 257 g/mol. The van der Waals surface area contributed by atoms with Crippen molar-refractivity contribution in [3.63, 3.8) is 0 Å². The van der Waals surface area contributed by atoms with Crippen molar-refractivity contribution in [2.75, 3.05) is 13.2 Å². The van der Waals surface area contributed by atoms with Crippen molar-refractivity contribution in [1.82, 2.24) is 9.78 Å². The zero-order chi connectivity index (χ0) is 13.3. The summed E-state index contributed by atoms with van der Waals surface area (Å²) in [6.45, 7) is 1.36. The quantitative estimate of drug-likeness (QED) is 0.909. The van der Waals surface area contributed by atoms with Gasteiger partial charge in [-0.15, -0.1) is 0 Å². The summed E-state index contributed by atoms with van der Waals surface area (Å²) in [7, 11) is 1.94. The number of rotatable bonds is 3. The number of aromatic nitrogens is 2. The summed E-state index contributed by atoms with van der Waals surface area (Å²) in [6, 6.07) is 8.23. The maximum Gasteiger partial charge on any atom is 0.123 e. The summed E-state index contributed by atoms with van der Waals surface area (Å²) >= 11 is 0. The van der Waals surface area contributed by atoms with Crippen LogP contribution in [-0.4, -0.2) is 22.9 Å². The molecule has 3 rings (SSSR count). The van der Waals surface area contributed by atoms with Crippen LogP contribution in [0.3, 0.4) is 0 Å². The topological polar surface area (TPSA) is 53.1 Å². The van der Waals surface area contributed by atoms with E-state index in [9.17, 15) is 0 Å². The van der Waals surface area contributed by atoms with E-state index in [1.807, 2.05) is 30.1 Å². The fraction of sp³-hybridized carbons (Fsp3) is 0.400. The van der Waals surface area contributed by atoms with Crippen LogP contribution in [0.15, 0.2) is 36.7 Å². The molecule has 4 nitrogen and oxygen atoms in total. The highest BCUT2D eigenvalue weighted by atomic mass is 16.5. The molecule has 0 saturated heterocycles. The molecule has 100 valence electrons. The van der Waals surface area contributed by atoms with Crippen LogP contribution in [0.2, 0.25) is 0 Å². The van der Waals surface area contributed by atoms with Gasteiger partial charge in [-0.3, -0.25) is 4.68 Å². The Kier molecular flexibility index (Phi) is 3.03. The minimum absolute atomic E-state index is 0.0299. The Bertz CT molecular complexity index is 578. The number of benzene rings is 1. The van der Waals surface area contributed by atoms with E-state index in [4.69, 9.17) is 10.5 Å². The number of para-hydroxylation sites is 1. The largest absolute Gasteiger partial charge is 0.493 e. The first-order chi connectivity index (χ1) is 9.23. The molecule has 1 aliphatic rings. The molecule has 2 aromatic rings. The SMILES string of the molecule is Cn1cc(CC2(CN)CCOc3ccccc32)cn1. The van der Waals surface area contributed by atoms with Gasteiger partial charge in [0, 0.05) is 30.8 Å². The lowest BCUT2D eigenvalue weighted by molar-refractivity contribution is 0.215. The molecule has 0 saturated carbocycles. The summed E-state index contributed by atoms with van der Waals surface area (Å²) in [6.07, 6.45) is 5.86. The molecule has 0 fully saturated rings. The van der Waals surface area contributed by atoms with Gasteiger partial charge in [-0.05, 0) is 24.5 Å². The number of hydrogen-bond acceptors (Lipinski definition) is 3. The van der Waals surface area contributed by atoms with Gasteiger partial charge in [0.1, 0.15) is 5.75 Å². The predicted molar refractivity (Wildman–Crippen MR) is 74.2 cm³/mol. The summed E-state index contributed by atoms with van der Waals surface area (Å²) in [5.74, 6) is 0.975. The van der Waals surface area contributed by atoms with Crippen LogP contribution in [-0.2, 0) is 18.9 Å². The van der Waals surface area contributed by atoms with Crippen LogP contribution in [0.5, 0.6) is 5.75 Å². The van der Waals surface area contributed by atoms with Gasteiger partial charge >= 0.3 is 0 Å². The van der Waals surface area contributed by atoms with E-state index in [1.165, 1.54) is 11.1 Å². The Morgan fingerprint density at radius 3 is 3.00 bits per heavy atom. The average Bonchev–Trinajstić information content (AvgIpc) is 2.84. The van der Waals surface area contributed by atoms with Gasteiger partial charge in [0.2, 0.25) is 0 Å². The van der Waals surface area contributed by atoms with E-state index >= 15 is 0 Å². The zero-order valence-corrected chi connectivity index (χ0v) is 11.2. The fourth-order valence-electron chi connectivity index (χ4n) is 2.94. The molecule has 2 N–H and O–H groups in total. The fourth-order valence-corrected chi connectivity index (χ4v) is 2.94. The van der Waals surface area contributed by atoms with Gasteiger partial charge in [-0.1, -0.05) is 18.2 Å². The van der Waals surface area contributed by atoms with Gasteiger partial charge in [0.15, 0.2) is 0 Å². The van der Waals surface area contributed by atoms with Crippen molar-refractivity contribution in [2.24, 2.45) is 12.8 Å². The average molecular weight is 257 g/mol. The van der Waals surface area contributed by atoms with E-state index in [2.05, 4.69) is 23.4 Å². The van der Waals surface area contributed by atoms with Crippen molar-refractivity contribution in [3.8, 4) is 5.75 Å². The lowest BCUT2D eigenvalue weighted by atomic mass is 9.72. The molecule has 2 heterocycles. The number of fused-ring (bicyclic) bond motifs is 1. The molecule has 0 aliphatic carbocycles. The van der Waals surface area contributed by atoms with Gasteiger partial charge in [-0.2, -0.15) is 5.10 Å². The highest BCUT2D eigenvalue weighted by Crippen LogP contribution is 2.40. The first-order valence-electron chi connectivity index (χ1n) is 6.63. The van der Waals surface area contributed by atoms with Gasteiger partial charge < -0.3 is 10.5 Å². The van der Waals surface area contributed by atoms with Crippen molar-refractivity contribution in [2.45, 2.75) is 18.3 Å². The number of nitrogens with zero attached hydrogens (tertiary/aromatic N) is 2. The molecule has 1 unspecified atom stereocenters. The number of aryl methyl sites for hydroxylation is 1. The molecular formula is C15H19N3O. The molecule has 0 spiro atoms. The Hall–Kier alpha value is -1.81. The summed E-state index contributed by atoms with van der Waals surface area (Å²) in [5, 5.41) is 4.25. The molecular weight excluding hydrogens is 238 g/mol. The first kappa shape index (κ1) is 12.2. The van der Waals surface area contributed by atoms with Crippen LogP contribution in [0.25, 0.3) is 0 Å². The Labute approximate surface area is 113 Å². The lowest BCUT2D eigenvalue weighted by Gasteiger charge is -2.38. The van der Waals surface area contributed by atoms with Gasteiger partial charge in [0.05, 0.1) is 12.8 Å². The van der Waals surface area contributed by atoms with Crippen molar-refractivity contribution in [1.29, 1.82) is 0 Å². The van der Waals surface area contributed by atoms with Crippen molar-refractivity contribution in [3.05, 3.63) is 47.8 Å². The van der Waals surface area contributed by atoms with Crippen LogP contribution in [0, 0.1) is 0 Å². The summed E-state index contributed by atoms with van der Waals surface area (Å²) < 4.78 is 7.59. The minimum Gasteiger partial charge on any atom is -0.493 e. The smallest absolute Gasteiger partial charge is 0.123 e.